The molecule has 0 bridgehead atoms. The molecule has 0 fully saturated rings. The molecule has 2 aromatic heterocycles. The lowest BCUT2D eigenvalue weighted by Crippen LogP contribution is -2.23. The number of nitrogens with two attached hydrogens (primary N) is 1. The predicted octanol–water partition coefficient (Wildman–Crippen LogP) is 3.36. The molecule has 1 unspecified atom stereocenters. The monoisotopic (exact) mass is 390 g/mol. The van der Waals surface area contributed by atoms with Crippen molar-refractivity contribution in [3.8, 4) is 22.9 Å². The van der Waals surface area contributed by atoms with Crippen LogP contribution in [0.25, 0.3) is 11.3 Å². The van der Waals surface area contributed by atoms with Gasteiger partial charge in [-0.25, -0.2) is 15.0 Å². The number of carbonyl (C=O) groups is 1. The maximum Gasteiger partial charge on any atom is 0.220 e. The Morgan fingerprint density at radius 2 is 1.86 bits per heavy atom. The third-order valence-electron chi connectivity index (χ3n) is 5.24. The quantitative estimate of drug-likeness (QED) is 0.729. The third kappa shape index (κ3) is 3.51. The number of pyridine rings is 1. The minimum atomic E-state index is -0.0678. The fraction of sp³-hybridized carbons (Fsp3) is 0.273. The van der Waals surface area contributed by atoms with E-state index in [1.54, 1.807) is 27.2 Å². The molecule has 7 heteroatoms. The minimum Gasteiger partial charge on any atom is -0.497 e. The Labute approximate surface area is 168 Å². The van der Waals surface area contributed by atoms with Crippen molar-refractivity contribution in [2.45, 2.75) is 25.7 Å². The summed E-state index contributed by atoms with van der Waals surface area (Å²) in [5.74, 6) is 1.41. The molecule has 1 aliphatic carbocycles. The molecule has 0 amide bonds. The number of hydrogen-bond donors (Lipinski definition) is 1. The smallest absolute Gasteiger partial charge is 0.220 e. The van der Waals surface area contributed by atoms with Gasteiger partial charge < -0.3 is 15.2 Å². The van der Waals surface area contributed by atoms with Crippen molar-refractivity contribution >= 4 is 11.7 Å². The van der Waals surface area contributed by atoms with Crippen LogP contribution in [0.3, 0.4) is 0 Å². The lowest BCUT2D eigenvalue weighted by Gasteiger charge is -2.26. The van der Waals surface area contributed by atoms with Gasteiger partial charge in [0.1, 0.15) is 5.75 Å². The average Bonchev–Trinajstić information content (AvgIpc) is 2.72. The molecule has 1 aliphatic rings. The SMILES string of the molecule is COc1ccc(-c2cccc(OC)n2)c(C2CC(=O)c3c(C)nc(N)nc3C2)c1. The summed E-state index contributed by atoms with van der Waals surface area (Å²) in [5, 5.41) is 0. The number of rotatable bonds is 4. The van der Waals surface area contributed by atoms with Gasteiger partial charge in [0.25, 0.3) is 0 Å². The maximum atomic E-state index is 12.9. The van der Waals surface area contributed by atoms with Gasteiger partial charge in [-0.05, 0) is 49.1 Å². The summed E-state index contributed by atoms with van der Waals surface area (Å²) in [5.41, 5.74) is 10.5. The number of benzene rings is 1. The third-order valence-corrected chi connectivity index (χ3v) is 5.24. The predicted molar refractivity (Wildman–Crippen MR) is 109 cm³/mol. The Bertz CT molecular complexity index is 1100. The first-order chi connectivity index (χ1) is 14.0. The molecule has 2 N–H and O–H groups in total. The van der Waals surface area contributed by atoms with Crippen LogP contribution in [0.1, 0.15) is 39.6 Å². The van der Waals surface area contributed by atoms with Crippen molar-refractivity contribution in [2.24, 2.45) is 0 Å². The van der Waals surface area contributed by atoms with Gasteiger partial charge in [0.2, 0.25) is 11.8 Å². The summed E-state index contributed by atoms with van der Waals surface area (Å²) in [4.78, 5) is 26.0. The molecule has 0 aliphatic heterocycles. The molecule has 0 radical (unpaired) electrons. The molecule has 1 atom stereocenters. The van der Waals surface area contributed by atoms with E-state index < -0.39 is 0 Å². The van der Waals surface area contributed by atoms with Gasteiger partial charge in [0.15, 0.2) is 5.78 Å². The first-order valence-electron chi connectivity index (χ1n) is 9.35. The van der Waals surface area contributed by atoms with Crippen LogP contribution >= 0.6 is 0 Å². The van der Waals surface area contributed by atoms with Gasteiger partial charge in [-0.3, -0.25) is 4.79 Å². The lowest BCUT2D eigenvalue weighted by atomic mass is 9.79. The Morgan fingerprint density at radius 1 is 1.03 bits per heavy atom. The number of nitrogens with zero attached hydrogens (tertiary/aromatic N) is 3. The minimum absolute atomic E-state index is 0.0288. The number of carbonyl (C=O) groups excluding carboxylic acids is 1. The van der Waals surface area contributed by atoms with Crippen molar-refractivity contribution in [1.82, 2.24) is 15.0 Å². The number of fused-ring (bicyclic) bond motifs is 1. The van der Waals surface area contributed by atoms with E-state index in [1.165, 1.54) is 0 Å². The molecule has 4 rings (SSSR count). The number of Topliss-reactive ketones (excluding diaryl/α,β-unsaturated/α-hetero) is 1. The number of anilines is 1. The zero-order valence-corrected chi connectivity index (χ0v) is 16.6. The normalized spacial score (nSPS) is 15.7. The van der Waals surface area contributed by atoms with E-state index in [2.05, 4.69) is 15.0 Å². The molecule has 2 heterocycles. The summed E-state index contributed by atoms with van der Waals surface area (Å²) in [7, 11) is 3.21. The second-order valence-corrected chi connectivity index (χ2v) is 7.04. The molecule has 0 spiro atoms. The fourth-order valence-corrected chi connectivity index (χ4v) is 3.93. The summed E-state index contributed by atoms with van der Waals surface area (Å²) < 4.78 is 10.7. The van der Waals surface area contributed by atoms with Crippen LogP contribution in [-0.4, -0.2) is 35.0 Å². The molecular weight excluding hydrogens is 368 g/mol. The molecular formula is C22H22N4O3. The Balaban J connectivity index is 1.82. The number of ketones is 1. The van der Waals surface area contributed by atoms with Crippen molar-refractivity contribution in [1.29, 1.82) is 0 Å². The highest BCUT2D eigenvalue weighted by atomic mass is 16.5. The van der Waals surface area contributed by atoms with Gasteiger partial charge in [-0.15, -0.1) is 0 Å². The number of aryl methyl sites for hydroxylation is 1. The molecule has 1 aromatic carbocycles. The van der Waals surface area contributed by atoms with Gasteiger partial charge in [-0.2, -0.15) is 0 Å². The van der Waals surface area contributed by atoms with E-state index in [4.69, 9.17) is 15.2 Å². The summed E-state index contributed by atoms with van der Waals surface area (Å²) in [6.45, 7) is 1.80. The van der Waals surface area contributed by atoms with Crippen molar-refractivity contribution in [3.05, 3.63) is 58.9 Å². The molecule has 0 saturated carbocycles. The molecule has 3 aromatic rings. The van der Waals surface area contributed by atoms with Gasteiger partial charge in [-0.1, -0.05) is 6.07 Å². The van der Waals surface area contributed by atoms with Gasteiger partial charge in [0, 0.05) is 18.1 Å². The molecule has 0 saturated heterocycles. The number of aromatic nitrogens is 3. The van der Waals surface area contributed by atoms with Crippen LogP contribution in [0, 0.1) is 6.92 Å². The summed E-state index contributed by atoms with van der Waals surface area (Å²) >= 11 is 0. The Hall–Kier alpha value is -3.48. The van der Waals surface area contributed by atoms with Crippen LogP contribution in [0.5, 0.6) is 11.6 Å². The second-order valence-electron chi connectivity index (χ2n) is 7.04. The van der Waals surface area contributed by atoms with Crippen LogP contribution in [0.2, 0.25) is 0 Å². The van der Waals surface area contributed by atoms with E-state index in [1.807, 2.05) is 30.3 Å². The van der Waals surface area contributed by atoms with Crippen LogP contribution in [0.15, 0.2) is 36.4 Å². The molecule has 29 heavy (non-hydrogen) atoms. The molecule has 148 valence electrons. The second kappa shape index (κ2) is 7.50. The fourth-order valence-electron chi connectivity index (χ4n) is 3.93. The number of hydrogen-bond acceptors (Lipinski definition) is 7. The molecule has 7 nitrogen and oxygen atoms in total. The lowest BCUT2D eigenvalue weighted by molar-refractivity contribution is 0.0962. The van der Waals surface area contributed by atoms with E-state index in [0.29, 0.717) is 35.7 Å². The largest absolute Gasteiger partial charge is 0.497 e. The highest BCUT2D eigenvalue weighted by molar-refractivity contribution is 6.00. The Kier molecular flexibility index (Phi) is 4.88. The Morgan fingerprint density at radius 3 is 2.62 bits per heavy atom. The van der Waals surface area contributed by atoms with Crippen molar-refractivity contribution in [2.75, 3.05) is 20.0 Å². The van der Waals surface area contributed by atoms with Crippen LogP contribution in [-0.2, 0) is 6.42 Å². The van der Waals surface area contributed by atoms with Crippen LogP contribution in [0.4, 0.5) is 5.95 Å². The van der Waals surface area contributed by atoms with Crippen molar-refractivity contribution in [3.63, 3.8) is 0 Å². The zero-order valence-electron chi connectivity index (χ0n) is 16.6. The highest BCUT2D eigenvalue weighted by Gasteiger charge is 2.31. The topological polar surface area (TPSA) is 100 Å². The van der Waals surface area contributed by atoms with Gasteiger partial charge in [0.05, 0.1) is 36.9 Å². The highest BCUT2D eigenvalue weighted by Crippen LogP contribution is 2.39. The van der Waals surface area contributed by atoms with E-state index in [0.717, 1.165) is 22.6 Å². The van der Waals surface area contributed by atoms with Gasteiger partial charge >= 0.3 is 0 Å². The first kappa shape index (κ1) is 18.9. The van der Waals surface area contributed by atoms with Crippen LogP contribution < -0.4 is 15.2 Å². The maximum absolute atomic E-state index is 12.9. The summed E-state index contributed by atoms with van der Waals surface area (Å²) in [6.07, 6.45) is 0.962. The van der Waals surface area contributed by atoms with Crippen molar-refractivity contribution < 1.29 is 14.3 Å². The number of nitrogen functional groups attached to an aromatic ring is 1. The standard InChI is InChI=1S/C22H22N4O3/c1-12-21-18(26-22(23)24-12)9-13(10-19(21)27)16-11-14(28-2)7-8-15(16)17-5-4-6-20(25-17)29-3/h4-8,11,13H,9-10H2,1-3H3,(H2,23,24,26). The average molecular weight is 390 g/mol. The van der Waals surface area contributed by atoms with E-state index in [-0.39, 0.29) is 17.6 Å². The number of ether oxygens (including phenoxy) is 2. The zero-order chi connectivity index (χ0) is 20.5. The first-order valence-corrected chi connectivity index (χ1v) is 9.35. The van der Waals surface area contributed by atoms with E-state index >= 15 is 0 Å². The number of methoxy groups -OCH3 is 2. The summed E-state index contributed by atoms with van der Waals surface area (Å²) in [6, 6.07) is 11.5. The van der Waals surface area contributed by atoms with E-state index in [9.17, 15) is 4.79 Å².